The van der Waals surface area contributed by atoms with Crippen LogP contribution >= 0.6 is 24.0 Å². The number of nitrogens with zero attached hydrogens (tertiary/aromatic N) is 2. The first kappa shape index (κ1) is 21.2. The molecule has 2 rings (SSSR count). The van der Waals surface area contributed by atoms with Gasteiger partial charge in [-0.2, -0.15) is 0 Å². The van der Waals surface area contributed by atoms with Crippen molar-refractivity contribution in [2.45, 2.75) is 59.2 Å². The van der Waals surface area contributed by atoms with Crippen molar-refractivity contribution in [2.75, 3.05) is 20.1 Å². The average molecular weight is 444 g/mol. The largest absolute Gasteiger partial charge is 0.357 e. The average Bonchev–Trinajstić information content (AvgIpc) is 3.35. The van der Waals surface area contributed by atoms with Gasteiger partial charge in [-0.3, -0.25) is 4.90 Å². The first-order valence-electron chi connectivity index (χ1n) is 8.81. The number of halogens is 1. The zero-order valence-corrected chi connectivity index (χ0v) is 18.1. The highest BCUT2D eigenvalue weighted by Crippen LogP contribution is 2.26. The van der Waals surface area contributed by atoms with E-state index in [4.69, 9.17) is 4.99 Å². The summed E-state index contributed by atoms with van der Waals surface area (Å²) in [4.78, 5) is 7.21. The molecular formula is C19H33IN4. The third-order valence-electron chi connectivity index (χ3n) is 4.63. The van der Waals surface area contributed by atoms with E-state index >= 15 is 0 Å². The lowest BCUT2D eigenvalue weighted by Gasteiger charge is -2.25. The molecule has 0 aromatic heterocycles. The lowest BCUT2D eigenvalue weighted by molar-refractivity contribution is 0.247. The first-order chi connectivity index (χ1) is 11.0. The minimum absolute atomic E-state index is 0. The van der Waals surface area contributed by atoms with Crippen LogP contribution in [0.1, 0.15) is 43.4 Å². The quantitative estimate of drug-likeness (QED) is 0.385. The highest BCUT2D eigenvalue weighted by molar-refractivity contribution is 14.0. The van der Waals surface area contributed by atoms with Gasteiger partial charge in [-0.25, -0.2) is 4.99 Å². The fourth-order valence-electron chi connectivity index (χ4n) is 2.76. The number of hydrogen-bond donors (Lipinski definition) is 2. The monoisotopic (exact) mass is 444 g/mol. The third kappa shape index (κ3) is 6.59. The number of benzene rings is 1. The molecule has 1 saturated carbocycles. The van der Waals surface area contributed by atoms with Gasteiger partial charge in [-0.1, -0.05) is 23.8 Å². The van der Waals surface area contributed by atoms with Crippen molar-refractivity contribution >= 4 is 29.9 Å². The van der Waals surface area contributed by atoms with Crippen molar-refractivity contribution in [3.8, 4) is 0 Å². The molecule has 0 amide bonds. The second-order valence-electron chi connectivity index (χ2n) is 6.75. The molecule has 24 heavy (non-hydrogen) atoms. The lowest BCUT2D eigenvalue weighted by atomic mass is 10.1. The highest BCUT2D eigenvalue weighted by Gasteiger charge is 2.28. The second kappa shape index (κ2) is 10.2. The van der Waals surface area contributed by atoms with Gasteiger partial charge in [0.15, 0.2) is 5.96 Å². The molecule has 0 radical (unpaired) electrons. The Hall–Kier alpha value is -0.820. The van der Waals surface area contributed by atoms with E-state index in [1.807, 2.05) is 0 Å². The topological polar surface area (TPSA) is 39.7 Å². The Bertz CT molecular complexity index is 540. The number of guanidine groups is 1. The van der Waals surface area contributed by atoms with Gasteiger partial charge in [-0.15, -0.1) is 24.0 Å². The van der Waals surface area contributed by atoms with Crippen LogP contribution in [0, 0.1) is 13.8 Å². The van der Waals surface area contributed by atoms with Crippen LogP contribution in [0.2, 0.25) is 0 Å². The molecular weight excluding hydrogens is 411 g/mol. The van der Waals surface area contributed by atoms with Crippen LogP contribution in [-0.4, -0.2) is 43.1 Å². The van der Waals surface area contributed by atoms with Crippen molar-refractivity contribution in [1.82, 2.24) is 15.5 Å². The molecule has 4 nitrogen and oxygen atoms in total. The molecule has 0 aliphatic heterocycles. The third-order valence-corrected chi connectivity index (χ3v) is 4.63. The number of rotatable bonds is 7. The zero-order valence-electron chi connectivity index (χ0n) is 15.7. The summed E-state index contributed by atoms with van der Waals surface area (Å²) in [6.07, 6.45) is 2.70. The van der Waals surface area contributed by atoms with Gasteiger partial charge in [0, 0.05) is 25.2 Å². The maximum atomic E-state index is 4.74. The first-order valence-corrected chi connectivity index (χ1v) is 8.81. The number of aryl methyl sites for hydroxylation is 2. The summed E-state index contributed by atoms with van der Waals surface area (Å²) in [5, 5.41) is 6.83. The Morgan fingerprint density at radius 1 is 1.29 bits per heavy atom. The molecule has 1 aromatic rings. The normalized spacial score (nSPS) is 15.8. The van der Waals surface area contributed by atoms with E-state index in [1.54, 1.807) is 0 Å². The summed E-state index contributed by atoms with van der Waals surface area (Å²) >= 11 is 0. The second-order valence-corrected chi connectivity index (χ2v) is 6.75. The molecule has 0 spiro atoms. The highest BCUT2D eigenvalue weighted by atomic mass is 127. The van der Waals surface area contributed by atoms with Crippen LogP contribution in [0.3, 0.4) is 0 Å². The Morgan fingerprint density at radius 2 is 2.00 bits per heavy atom. The van der Waals surface area contributed by atoms with E-state index in [-0.39, 0.29) is 24.0 Å². The number of nitrogens with one attached hydrogen (secondary N) is 2. The molecule has 1 aromatic carbocycles. The van der Waals surface area contributed by atoms with Crippen LogP contribution in [0.15, 0.2) is 23.2 Å². The maximum absolute atomic E-state index is 4.74. The zero-order chi connectivity index (χ0) is 16.8. The molecule has 1 aliphatic rings. The van der Waals surface area contributed by atoms with Crippen LogP contribution in [-0.2, 0) is 6.54 Å². The van der Waals surface area contributed by atoms with E-state index < -0.39 is 0 Å². The van der Waals surface area contributed by atoms with Gasteiger partial charge in [0.25, 0.3) is 0 Å². The fourth-order valence-corrected chi connectivity index (χ4v) is 2.76. The minimum Gasteiger partial charge on any atom is -0.357 e. The SMILES string of the molecule is CCNC(=NCc1ccc(C)cc1C)NCC(C)N(C)C1CC1.I. The van der Waals surface area contributed by atoms with Crippen molar-refractivity contribution in [3.63, 3.8) is 0 Å². The summed E-state index contributed by atoms with van der Waals surface area (Å²) in [5.41, 5.74) is 3.90. The summed E-state index contributed by atoms with van der Waals surface area (Å²) in [6, 6.07) is 7.87. The Labute approximate surface area is 164 Å². The van der Waals surface area contributed by atoms with Crippen molar-refractivity contribution in [2.24, 2.45) is 4.99 Å². The Morgan fingerprint density at radius 3 is 2.58 bits per heavy atom. The van der Waals surface area contributed by atoms with Crippen LogP contribution in [0.25, 0.3) is 0 Å². The van der Waals surface area contributed by atoms with Crippen molar-refractivity contribution in [1.29, 1.82) is 0 Å². The summed E-state index contributed by atoms with van der Waals surface area (Å²) in [6.45, 7) is 11.2. The van der Waals surface area contributed by atoms with Gasteiger partial charge in [0.2, 0.25) is 0 Å². The van der Waals surface area contributed by atoms with Gasteiger partial charge in [0.1, 0.15) is 0 Å². The van der Waals surface area contributed by atoms with E-state index in [1.165, 1.54) is 29.5 Å². The maximum Gasteiger partial charge on any atom is 0.191 e. The fraction of sp³-hybridized carbons (Fsp3) is 0.632. The van der Waals surface area contributed by atoms with Crippen molar-refractivity contribution < 1.29 is 0 Å². The predicted molar refractivity (Wildman–Crippen MR) is 114 cm³/mol. The van der Waals surface area contributed by atoms with Gasteiger partial charge < -0.3 is 10.6 Å². The van der Waals surface area contributed by atoms with Crippen molar-refractivity contribution in [3.05, 3.63) is 34.9 Å². The molecule has 1 unspecified atom stereocenters. The minimum atomic E-state index is 0. The predicted octanol–water partition coefficient (Wildman–Crippen LogP) is 3.46. The number of hydrogen-bond acceptors (Lipinski definition) is 2. The smallest absolute Gasteiger partial charge is 0.191 e. The molecule has 1 fully saturated rings. The van der Waals surface area contributed by atoms with Gasteiger partial charge in [-0.05, 0) is 58.7 Å². The van der Waals surface area contributed by atoms with E-state index in [9.17, 15) is 0 Å². The number of likely N-dealkylation sites (N-methyl/N-ethyl adjacent to an activating group) is 1. The summed E-state index contributed by atoms with van der Waals surface area (Å²) < 4.78 is 0. The molecule has 136 valence electrons. The van der Waals surface area contributed by atoms with E-state index in [0.717, 1.165) is 25.1 Å². The number of aliphatic imine (C=N–C) groups is 1. The van der Waals surface area contributed by atoms with E-state index in [0.29, 0.717) is 12.6 Å². The van der Waals surface area contributed by atoms with Crippen LogP contribution < -0.4 is 10.6 Å². The van der Waals surface area contributed by atoms with Gasteiger partial charge >= 0.3 is 0 Å². The summed E-state index contributed by atoms with van der Waals surface area (Å²) in [5.74, 6) is 0.906. The molecule has 0 heterocycles. The molecule has 5 heteroatoms. The molecule has 1 atom stereocenters. The lowest BCUT2D eigenvalue weighted by Crippen LogP contribution is -2.45. The Balaban J connectivity index is 0.00000288. The molecule has 0 saturated heterocycles. The molecule has 2 N–H and O–H groups in total. The van der Waals surface area contributed by atoms with Crippen LogP contribution in [0.5, 0.6) is 0 Å². The van der Waals surface area contributed by atoms with Crippen LogP contribution in [0.4, 0.5) is 0 Å². The standard InChI is InChI=1S/C19H32N4.HI/c1-6-20-19(21-12-16(4)23(5)18-9-10-18)22-13-17-8-7-14(2)11-15(17)3;/h7-8,11,16,18H,6,9-10,12-13H2,1-5H3,(H2,20,21,22);1H. The Kier molecular flexibility index (Phi) is 9.05. The molecule has 0 bridgehead atoms. The van der Waals surface area contributed by atoms with Gasteiger partial charge in [0.05, 0.1) is 6.54 Å². The molecule has 1 aliphatic carbocycles. The summed E-state index contributed by atoms with van der Waals surface area (Å²) in [7, 11) is 2.23. The van der Waals surface area contributed by atoms with E-state index in [2.05, 4.69) is 68.5 Å².